The summed E-state index contributed by atoms with van der Waals surface area (Å²) < 4.78 is 12.3. The minimum Gasteiger partial charge on any atom is -0.494 e. The molecule has 1 saturated heterocycles. The number of carbonyl (C=O) groups is 1. The largest absolute Gasteiger partial charge is 0.494 e. The lowest BCUT2D eigenvalue weighted by Crippen LogP contribution is -2.34. The first-order chi connectivity index (χ1) is 20.0. The average Bonchev–Trinajstić information content (AvgIpc) is 3.45. The fourth-order valence-electron chi connectivity index (χ4n) is 4.32. The third-order valence-electron chi connectivity index (χ3n) is 6.61. The Morgan fingerprint density at radius 2 is 1.81 bits per heavy atom. The number of esters is 1. The molecule has 42 heavy (non-hydrogen) atoms. The quantitative estimate of drug-likeness (QED) is 0.104. The lowest BCUT2D eigenvalue weighted by Gasteiger charge is -2.29. The molecule has 1 aliphatic rings. The van der Waals surface area contributed by atoms with Gasteiger partial charge in [0.2, 0.25) is 11.8 Å². The van der Waals surface area contributed by atoms with Gasteiger partial charge in [0, 0.05) is 38.5 Å². The predicted octanol–water partition coefficient (Wildman–Crippen LogP) is 5.95. The van der Waals surface area contributed by atoms with Crippen LogP contribution in [0.1, 0.15) is 49.6 Å². The van der Waals surface area contributed by atoms with Crippen molar-refractivity contribution in [3.63, 3.8) is 0 Å². The van der Waals surface area contributed by atoms with Crippen molar-refractivity contribution in [2.75, 3.05) is 13.1 Å². The Bertz CT molecular complexity index is 1640. The van der Waals surface area contributed by atoms with Crippen LogP contribution in [-0.4, -0.2) is 48.4 Å². The van der Waals surface area contributed by atoms with E-state index in [0.717, 1.165) is 5.56 Å². The summed E-state index contributed by atoms with van der Waals surface area (Å²) in [5.74, 6) is -0.222. The number of halogens is 3. The summed E-state index contributed by atoms with van der Waals surface area (Å²) in [6, 6.07) is 6.96. The Morgan fingerprint density at radius 1 is 1.14 bits per heavy atom. The summed E-state index contributed by atoms with van der Waals surface area (Å²) in [5.41, 5.74) is 3.57. The monoisotopic (exact) mass is 651 g/mol. The summed E-state index contributed by atoms with van der Waals surface area (Å²) in [4.78, 5) is 27.5. The maximum atomic E-state index is 12.8. The van der Waals surface area contributed by atoms with Crippen LogP contribution in [0.25, 0.3) is 18.2 Å². The zero-order chi connectivity index (χ0) is 30.4. The Kier molecular flexibility index (Phi) is 10.3. The average molecular weight is 653 g/mol. The zero-order valence-corrected chi connectivity index (χ0v) is 25.9. The van der Waals surface area contributed by atoms with Crippen LogP contribution in [0.15, 0.2) is 45.4 Å². The third-order valence-corrected chi connectivity index (χ3v) is 7.54. The third kappa shape index (κ3) is 7.53. The summed E-state index contributed by atoms with van der Waals surface area (Å²) >= 11 is 22.5. The zero-order valence-electron chi connectivity index (χ0n) is 22.8. The molecule has 1 aromatic carbocycles. The first-order valence-corrected chi connectivity index (χ1v) is 14.7. The van der Waals surface area contributed by atoms with Crippen LogP contribution in [0.4, 0.5) is 0 Å². The van der Waals surface area contributed by atoms with Gasteiger partial charge in [-0.1, -0.05) is 46.9 Å². The van der Waals surface area contributed by atoms with Crippen molar-refractivity contribution in [2.45, 2.75) is 43.6 Å². The minimum atomic E-state index is -1.79. The number of likely N-dealkylation sites (tertiary alicyclic amines) is 1. The van der Waals surface area contributed by atoms with E-state index in [1.807, 2.05) is 18.7 Å². The highest BCUT2D eigenvalue weighted by atomic mass is 35.6. The van der Waals surface area contributed by atoms with Gasteiger partial charge in [-0.25, -0.2) is 0 Å². The van der Waals surface area contributed by atoms with E-state index in [4.69, 9.17) is 56.2 Å². The molecule has 14 heteroatoms. The van der Waals surface area contributed by atoms with Crippen LogP contribution >= 0.6 is 47.0 Å². The predicted molar refractivity (Wildman–Crippen MR) is 164 cm³/mol. The number of ether oxygens (including phenoxy) is 1. The molecule has 4 rings (SSSR count). The summed E-state index contributed by atoms with van der Waals surface area (Å²) in [5, 5.41) is 18.0. The van der Waals surface area contributed by atoms with Crippen LogP contribution in [0.2, 0.25) is 0 Å². The molecule has 0 atom stereocenters. The van der Waals surface area contributed by atoms with Crippen molar-refractivity contribution in [1.82, 2.24) is 24.2 Å². The topological polar surface area (TPSA) is 116 Å². The maximum absolute atomic E-state index is 12.8. The van der Waals surface area contributed by atoms with Gasteiger partial charge in [0.15, 0.2) is 4.77 Å². The molecular weight excluding hydrogens is 625 g/mol. The second-order valence-electron chi connectivity index (χ2n) is 9.33. The molecule has 3 aromatic rings. The second-order valence-corrected chi connectivity index (χ2v) is 12.0. The van der Waals surface area contributed by atoms with Crippen molar-refractivity contribution >= 4 is 71.2 Å². The van der Waals surface area contributed by atoms with Gasteiger partial charge in [-0.2, -0.15) is 0 Å². The molecule has 2 aromatic heterocycles. The number of alkyl halides is 3. The molecule has 1 aliphatic heterocycles. The molecule has 0 bridgehead atoms. The smallest absolute Gasteiger partial charge is 0.314 e. The number of nitrogens with zero attached hydrogens (tertiary/aromatic N) is 5. The van der Waals surface area contributed by atoms with Crippen molar-refractivity contribution in [2.24, 2.45) is 5.92 Å². The van der Waals surface area contributed by atoms with Gasteiger partial charge in [0.1, 0.15) is 11.3 Å². The number of benzene rings is 1. The summed E-state index contributed by atoms with van der Waals surface area (Å²) in [7, 11) is 0. The SMILES string of the molecule is CCn1c(O)c(C=C=CN2CCC(C(=O)Oc3ccc(C=Cc4nnc(C(Cl)(Cl)Cl)o4)cc3)CC2)c(=O)n(CC)c1=S. The Hall–Kier alpha value is -3.34. The van der Waals surface area contributed by atoms with Gasteiger partial charge >= 0.3 is 5.97 Å². The fraction of sp³-hybridized carbons (Fsp3) is 0.357. The van der Waals surface area contributed by atoms with E-state index in [9.17, 15) is 14.7 Å². The maximum Gasteiger partial charge on any atom is 0.314 e. The van der Waals surface area contributed by atoms with Crippen molar-refractivity contribution in [3.8, 4) is 11.6 Å². The molecule has 222 valence electrons. The van der Waals surface area contributed by atoms with Crippen LogP contribution in [-0.2, 0) is 21.7 Å². The number of aromatic hydroxyl groups is 1. The molecule has 10 nitrogen and oxygen atoms in total. The standard InChI is InChI=1S/C28H28Cl3N5O5S/c1-3-35-23(37)21(24(38)36(4-2)27(35)42)6-5-15-34-16-13-19(14-17-34)25(39)40-20-10-7-18(8-11-20)9-12-22-32-33-26(41-22)28(29,30)31/h6-12,15,19,37H,3-4,13-14,16-17H2,1-2H3. The molecule has 3 heterocycles. The minimum absolute atomic E-state index is 0.126. The lowest BCUT2D eigenvalue weighted by atomic mass is 9.97. The van der Waals surface area contributed by atoms with Crippen LogP contribution in [0.3, 0.4) is 0 Å². The van der Waals surface area contributed by atoms with Gasteiger partial charge in [-0.05, 0) is 68.8 Å². The molecule has 0 amide bonds. The Balaban J connectivity index is 1.31. The second kappa shape index (κ2) is 13.8. The summed E-state index contributed by atoms with van der Waals surface area (Å²) in [6.07, 6.45) is 7.71. The van der Waals surface area contributed by atoms with Crippen LogP contribution < -0.4 is 10.3 Å². The number of piperidine rings is 1. The fourth-order valence-corrected chi connectivity index (χ4v) is 4.98. The van der Waals surface area contributed by atoms with Gasteiger partial charge in [0.25, 0.3) is 15.2 Å². The van der Waals surface area contributed by atoms with E-state index in [-0.39, 0.29) is 45.4 Å². The number of aromatic nitrogens is 4. The van der Waals surface area contributed by atoms with E-state index >= 15 is 0 Å². The normalized spacial score (nSPS) is 14.2. The molecule has 1 fully saturated rings. The molecule has 0 radical (unpaired) electrons. The lowest BCUT2D eigenvalue weighted by molar-refractivity contribution is -0.140. The molecule has 0 aliphatic carbocycles. The first-order valence-electron chi connectivity index (χ1n) is 13.2. The highest BCUT2D eigenvalue weighted by Crippen LogP contribution is 2.37. The molecular formula is C28H28Cl3N5O5S. The van der Waals surface area contributed by atoms with Gasteiger partial charge in [-0.3, -0.25) is 18.7 Å². The van der Waals surface area contributed by atoms with Crippen molar-refractivity contribution in [1.29, 1.82) is 0 Å². The van der Waals surface area contributed by atoms with E-state index in [1.54, 1.807) is 42.6 Å². The van der Waals surface area contributed by atoms with Crippen molar-refractivity contribution in [3.05, 3.63) is 74.2 Å². The van der Waals surface area contributed by atoms with E-state index < -0.39 is 3.79 Å². The van der Waals surface area contributed by atoms with Crippen LogP contribution in [0, 0.1) is 10.7 Å². The van der Waals surface area contributed by atoms with E-state index in [0.29, 0.717) is 44.8 Å². The number of hydrogen-bond donors (Lipinski definition) is 1. The number of hydrogen-bond acceptors (Lipinski definition) is 9. The number of rotatable bonds is 8. The molecule has 0 unspecified atom stereocenters. The molecule has 0 spiro atoms. The Morgan fingerprint density at radius 3 is 2.40 bits per heavy atom. The summed E-state index contributed by atoms with van der Waals surface area (Å²) in [6.45, 7) is 5.73. The van der Waals surface area contributed by atoms with Gasteiger partial charge in [-0.15, -0.1) is 15.9 Å². The first kappa shape index (κ1) is 31.6. The Labute approximate surface area is 262 Å². The molecule has 0 saturated carbocycles. The highest BCUT2D eigenvalue weighted by Gasteiger charge is 2.30. The van der Waals surface area contributed by atoms with Gasteiger partial charge < -0.3 is 19.2 Å². The van der Waals surface area contributed by atoms with Crippen molar-refractivity contribution < 1.29 is 19.1 Å². The highest BCUT2D eigenvalue weighted by molar-refractivity contribution is 7.71. The van der Waals surface area contributed by atoms with Gasteiger partial charge in [0.05, 0.1) is 5.92 Å². The van der Waals surface area contributed by atoms with E-state index in [2.05, 4.69) is 15.9 Å². The van der Waals surface area contributed by atoms with E-state index in [1.165, 1.54) is 15.2 Å². The van der Waals surface area contributed by atoms with Crippen LogP contribution in [0.5, 0.6) is 11.6 Å². The molecule has 1 N–H and O–H groups in total. The number of carbonyl (C=O) groups excluding carboxylic acids is 1.